The number of benzene rings is 2. The van der Waals surface area contributed by atoms with Gasteiger partial charge in [0, 0.05) is 27.7 Å². The molecule has 0 fully saturated rings. The van der Waals surface area contributed by atoms with E-state index in [9.17, 15) is 14.9 Å². The van der Waals surface area contributed by atoms with Crippen LogP contribution in [0.2, 0.25) is 10.0 Å². The van der Waals surface area contributed by atoms with E-state index < -0.39 is 10.8 Å². The average molecular weight is 392 g/mol. The van der Waals surface area contributed by atoms with Crippen LogP contribution in [-0.4, -0.2) is 16.0 Å². The Morgan fingerprint density at radius 3 is 2.50 bits per heavy atom. The first-order valence-corrected chi connectivity index (χ1v) is 8.13. The monoisotopic (exact) mass is 391 g/mol. The lowest BCUT2D eigenvalue weighted by Gasteiger charge is -2.04. The van der Waals surface area contributed by atoms with Crippen molar-refractivity contribution in [3.8, 4) is 11.3 Å². The Kier molecular flexibility index (Phi) is 5.20. The van der Waals surface area contributed by atoms with Crippen LogP contribution in [0.4, 0.5) is 5.69 Å². The molecule has 1 heterocycles. The summed E-state index contributed by atoms with van der Waals surface area (Å²) in [6, 6.07) is 12.4. The summed E-state index contributed by atoms with van der Waals surface area (Å²) in [6.45, 7) is 0.0413. The smallest absolute Gasteiger partial charge is 0.282 e. The Morgan fingerprint density at radius 2 is 1.81 bits per heavy atom. The second-order valence-corrected chi connectivity index (χ2v) is 6.16. The van der Waals surface area contributed by atoms with Gasteiger partial charge >= 0.3 is 0 Å². The normalized spacial score (nSPS) is 10.5. The Hall–Kier alpha value is -2.90. The zero-order chi connectivity index (χ0) is 18.7. The largest absolute Gasteiger partial charge is 0.356 e. The molecular formula is C17H11Cl2N3O4. The summed E-state index contributed by atoms with van der Waals surface area (Å²) >= 11 is 11.7. The number of nitrogens with zero attached hydrogens (tertiary/aromatic N) is 2. The van der Waals surface area contributed by atoms with Gasteiger partial charge in [-0.2, -0.15) is 0 Å². The lowest BCUT2D eigenvalue weighted by Crippen LogP contribution is -2.23. The van der Waals surface area contributed by atoms with E-state index in [1.54, 1.807) is 30.3 Å². The van der Waals surface area contributed by atoms with Crippen LogP contribution in [0, 0.1) is 10.1 Å². The SMILES string of the molecule is O=C(NCc1cc(-c2ccc(Cl)cc2)on1)c1cc(Cl)ccc1[N+](=O)[O-]. The zero-order valence-electron chi connectivity index (χ0n) is 13.1. The first-order chi connectivity index (χ1) is 12.4. The summed E-state index contributed by atoms with van der Waals surface area (Å²) in [7, 11) is 0. The van der Waals surface area contributed by atoms with Crippen LogP contribution in [0.3, 0.4) is 0 Å². The van der Waals surface area contributed by atoms with Crippen molar-refractivity contribution in [3.05, 3.63) is 79.9 Å². The van der Waals surface area contributed by atoms with Gasteiger partial charge in [-0.1, -0.05) is 28.4 Å². The van der Waals surface area contributed by atoms with Crippen molar-refractivity contribution in [2.45, 2.75) is 6.54 Å². The molecule has 0 saturated heterocycles. The van der Waals surface area contributed by atoms with E-state index in [0.29, 0.717) is 16.5 Å². The number of amides is 1. The number of hydrogen-bond donors (Lipinski definition) is 1. The molecule has 7 nitrogen and oxygen atoms in total. The number of nitro groups is 1. The molecule has 0 bridgehead atoms. The van der Waals surface area contributed by atoms with Crippen LogP contribution in [0.25, 0.3) is 11.3 Å². The lowest BCUT2D eigenvalue weighted by molar-refractivity contribution is -0.385. The fourth-order valence-corrected chi connectivity index (χ4v) is 2.56. The second kappa shape index (κ2) is 7.55. The zero-order valence-corrected chi connectivity index (χ0v) is 14.6. The number of carbonyl (C=O) groups excluding carboxylic acids is 1. The van der Waals surface area contributed by atoms with Crippen LogP contribution in [0.1, 0.15) is 16.1 Å². The molecule has 3 rings (SSSR count). The summed E-state index contributed by atoms with van der Waals surface area (Å²) in [5.74, 6) is -0.116. The Morgan fingerprint density at radius 1 is 1.12 bits per heavy atom. The third kappa shape index (κ3) is 4.01. The van der Waals surface area contributed by atoms with Gasteiger partial charge in [0.15, 0.2) is 5.76 Å². The quantitative estimate of drug-likeness (QED) is 0.510. The number of nitro benzene ring substituents is 1. The number of halogens is 2. The molecule has 3 aromatic rings. The minimum atomic E-state index is -0.639. The van der Waals surface area contributed by atoms with E-state index in [1.165, 1.54) is 18.2 Å². The number of carbonyl (C=O) groups is 1. The molecule has 0 aliphatic heterocycles. The van der Waals surface area contributed by atoms with Gasteiger partial charge in [0.1, 0.15) is 11.3 Å². The summed E-state index contributed by atoms with van der Waals surface area (Å²) < 4.78 is 5.24. The molecular weight excluding hydrogens is 381 g/mol. The van der Waals surface area contributed by atoms with Crippen molar-refractivity contribution in [1.82, 2.24) is 10.5 Å². The van der Waals surface area contributed by atoms with E-state index in [1.807, 2.05) is 0 Å². The first-order valence-electron chi connectivity index (χ1n) is 7.38. The van der Waals surface area contributed by atoms with E-state index in [2.05, 4.69) is 10.5 Å². The minimum absolute atomic E-state index is 0.0413. The molecule has 132 valence electrons. The van der Waals surface area contributed by atoms with Crippen LogP contribution in [0.15, 0.2) is 53.1 Å². The molecule has 0 aliphatic carbocycles. The van der Waals surface area contributed by atoms with Gasteiger partial charge in [0.05, 0.1) is 11.5 Å². The highest BCUT2D eigenvalue weighted by Crippen LogP contribution is 2.24. The van der Waals surface area contributed by atoms with Crippen LogP contribution in [0.5, 0.6) is 0 Å². The molecule has 1 N–H and O–H groups in total. The molecule has 0 atom stereocenters. The van der Waals surface area contributed by atoms with Gasteiger partial charge in [-0.3, -0.25) is 14.9 Å². The van der Waals surface area contributed by atoms with Crippen molar-refractivity contribution in [2.75, 3.05) is 0 Å². The van der Waals surface area contributed by atoms with Gasteiger partial charge in [-0.15, -0.1) is 0 Å². The molecule has 0 spiro atoms. The topological polar surface area (TPSA) is 98.3 Å². The Bertz CT molecular complexity index is 970. The highest BCUT2D eigenvalue weighted by atomic mass is 35.5. The van der Waals surface area contributed by atoms with Crippen LogP contribution in [-0.2, 0) is 6.54 Å². The number of rotatable bonds is 5. The molecule has 0 radical (unpaired) electrons. The van der Waals surface area contributed by atoms with Crippen molar-refractivity contribution in [2.24, 2.45) is 0 Å². The summed E-state index contributed by atoms with van der Waals surface area (Å²) in [4.78, 5) is 22.7. The van der Waals surface area contributed by atoms with Crippen molar-refractivity contribution in [3.63, 3.8) is 0 Å². The molecule has 1 amide bonds. The van der Waals surface area contributed by atoms with Crippen LogP contribution < -0.4 is 5.32 Å². The van der Waals surface area contributed by atoms with E-state index in [4.69, 9.17) is 27.7 Å². The summed E-state index contributed by atoms with van der Waals surface area (Å²) in [6.07, 6.45) is 0. The Balaban J connectivity index is 1.72. The number of aromatic nitrogens is 1. The molecule has 0 unspecified atom stereocenters. The van der Waals surface area contributed by atoms with Crippen molar-refractivity contribution < 1.29 is 14.2 Å². The lowest BCUT2D eigenvalue weighted by atomic mass is 10.1. The standard InChI is InChI=1S/C17H11Cl2N3O4/c18-11-3-1-10(2-4-11)16-8-13(21-26-16)9-20-17(23)14-7-12(19)5-6-15(14)22(24)25/h1-8H,9H2,(H,20,23). The number of hydrogen-bond acceptors (Lipinski definition) is 5. The van der Waals surface area contributed by atoms with Crippen molar-refractivity contribution in [1.29, 1.82) is 0 Å². The Labute approximate surface area is 157 Å². The number of nitrogens with one attached hydrogen (secondary N) is 1. The highest BCUT2D eigenvalue weighted by molar-refractivity contribution is 6.31. The maximum Gasteiger partial charge on any atom is 0.282 e. The second-order valence-electron chi connectivity index (χ2n) is 5.29. The predicted molar refractivity (Wildman–Crippen MR) is 96.2 cm³/mol. The molecule has 9 heteroatoms. The van der Waals surface area contributed by atoms with Gasteiger partial charge in [-0.25, -0.2) is 0 Å². The molecule has 2 aromatic carbocycles. The predicted octanol–water partition coefficient (Wildman–Crippen LogP) is 4.49. The third-order valence-corrected chi connectivity index (χ3v) is 4.00. The summed E-state index contributed by atoms with van der Waals surface area (Å²) in [5.41, 5.74) is 0.802. The fourth-order valence-electron chi connectivity index (χ4n) is 2.26. The van der Waals surface area contributed by atoms with E-state index in [-0.39, 0.29) is 22.8 Å². The first kappa shape index (κ1) is 17.9. The summed E-state index contributed by atoms with van der Waals surface area (Å²) in [5, 5.41) is 18.3. The molecule has 0 aliphatic rings. The van der Waals surface area contributed by atoms with E-state index in [0.717, 1.165) is 5.56 Å². The van der Waals surface area contributed by atoms with Crippen LogP contribution >= 0.6 is 23.2 Å². The maximum absolute atomic E-state index is 12.3. The average Bonchev–Trinajstić information content (AvgIpc) is 3.09. The minimum Gasteiger partial charge on any atom is -0.356 e. The molecule has 26 heavy (non-hydrogen) atoms. The molecule has 1 aromatic heterocycles. The maximum atomic E-state index is 12.3. The van der Waals surface area contributed by atoms with Gasteiger partial charge < -0.3 is 9.84 Å². The third-order valence-electron chi connectivity index (χ3n) is 3.52. The van der Waals surface area contributed by atoms with Gasteiger partial charge in [0.25, 0.3) is 11.6 Å². The van der Waals surface area contributed by atoms with Gasteiger partial charge in [0.2, 0.25) is 0 Å². The van der Waals surface area contributed by atoms with Gasteiger partial charge in [-0.05, 0) is 36.4 Å². The highest BCUT2D eigenvalue weighted by Gasteiger charge is 2.20. The van der Waals surface area contributed by atoms with E-state index >= 15 is 0 Å². The molecule has 0 saturated carbocycles. The van der Waals surface area contributed by atoms with Crippen molar-refractivity contribution >= 4 is 34.8 Å². The fraction of sp³-hybridized carbons (Fsp3) is 0.0588.